The molecule has 0 bridgehead atoms. The smallest absolute Gasteiger partial charge is 0.310 e. The molecule has 0 spiro atoms. The minimum Gasteiger partial charge on any atom is -0.481 e. The molecule has 2 aromatic carbocycles. The first-order chi connectivity index (χ1) is 9.06. The molecule has 0 saturated carbocycles. The van der Waals surface area contributed by atoms with Crippen molar-refractivity contribution in [2.24, 2.45) is 0 Å². The molecule has 0 aliphatic carbocycles. The first kappa shape index (κ1) is 13.4. The van der Waals surface area contributed by atoms with E-state index in [1.807, 2.05) is 0 Å². The SMILES string of the molecule is CC(C(=O)O)c1ccc(Oc2ccc(Cl)cc2)cc1. The Morgan fingerprint density at radius 1 is 1.05 bits per heavy atom. The summed E-state index contributed by atoms with van der Waals surface area (Å²) in [6, 6.07) is 14.1. The Balaban J connectivity index is 2.10. The van der Waals surface area contributed by atoms with Gasteiger partial charge in [-0.1, -0.05) is 23.7 Å². The molecule has 1 unspecified atom stereocenters. The van der Waals surface area contributed by atoms with Gasteiger partial charge < -0.3 is 9.84 Å². The van der Waals surface area contributed by atoms with Gasteiger partial charge in [-0.2, -0.15) is 0 Å². The first-order valence-corrected chi connectivity index (χ1v) is 6.20. The molecule has 0 aromatic heterocycles. The lowest BCUT2D eigenvalue weighted by Gasteiger charge is -2.09. The predicted molar refractivity (Wildman–Crippen MR) is 74.0 cm³/mol. The van der Waals surface area contributed by atoms with Crippen molar-refractivity contribution in [3.8, 4) is 11.5 Å². The molecular weight excluding hydrogens is 264 g/mol. The van der Waals surface area contributed by atoms with Gasteiger partial charge in [0.25, 0.3) is 0 Å². The van der Waals surface area contributed by atoms with Crippen LogP contribution in [0.2, 0.25) is 5.02 Å². The second-order valence-electron chi connectivity index (χ2n) is 4.18. The fourth-order valence-electron chi connectivity index (χ4n) is 1.61. The lowest BCUT2D eigenvalue weighted by Crippen LogP contribution is -2.06. The van der Waals surface area contributed by atoms with E-state index < -0.39 is 11.9 Å². The Labute approximate surface area is 116 Å². The van der Waals surface area contributed by atoms with Crippen LogP contribution in [0.4, 0.5) is 0 Å². The van der Waals surface area contributed by atoms with E-state index in [-0.39, 0.29) is 0 Å². The van der Waals surface area contributed by atoms with Crippen molar-refractivity contribution in [3.05, 3.63) is 59.1 Å². The van der Waals surface area contributed by atoms with E-state index in [2.05, 4.69) is 0 Å². The topological polar surface area (TPSA) is 46.5 Å². The molecule has 0 fully saturated rings. The zero-order valence-corrected chi connectivity index (χ0v) is 11.1. The summed E-state index contributed by atoms with van der Waals surface area (Å²) in [4.78, 5) is 10.9. The number of halogens is 1. The van der Waals surface area contributed by atoms with Gasteiger partial charge in [0.05, 0.1) is 5.92 Å². The van der Waals surface area contributed by atoms with Crippen LogP contribution in [0.25, 0.3) is 0 Å². The fraction of sp³-hybridized carbons (Fsp3) is 0.133. The number of carbonyl (C=O) groups is 1. The zero-order chi connectivity index (χ0) is 13.8. The quantitative estimate of drug-likeness (QED) is 0.904. The number of hydrogen-bond donors (Lipinski definition) is 1. The Morgan fingerprint density at radius 3 is 2.00 bits per heavy atom. The van der Waals surface area contributed by atoms with Crippen LogP contribution < -0.4 is 4.74 Å². The standard InChI is InChI=1S/C15H13ClO3/c1-10(15(17)18)11-2-6-13(7-3-11)19-14-8-4-12(16)5-9-14/h2-10H,1H3,(H,17,18). The number of aliphatic carboxylic acids is 1. The summed E-state index contributed by atoms with van der Waals surface area (Å²) in [5.74, 6) is -0.0250. The number of hydrogen-bond acceptors (Lipinski definition) is 2. The summed E-state index contributed by atoms with van der Waals surface area (Å²) < 4.78 is 5.62. The van der Waals surface area contributed by atoms with Gasteiger partial charge in [0.2, 0.25) is 0 Å². The molecule has 1 N–H and O–H groups in total. The lowest BCUT2D eigenvalue weighted by molar-refractivity contribution is -0.138. The molecule has 19 heavy (non-hydrogen) atoms. The van der Waals surface area contributed by atoms with Crippen molar-refractivity contribution in [1.82, 2.24) is 0 Å². The van der Waals surface area contributed by atoms with Crippen molar-refractivity contribution in [2.45, 2.75) is 12.8 Å². The van der Waals surface area contributed by atoms with Crippen molar-refractivity contribution in [3.63, 3.8) is 0 Å². The third-order valence-corrected chi connectivity index (χ3v) is 3.05. The number of rotatable bonds is 4. The summed E-state index contributed by atoms with van der Waals surface area (Å²) >= 11 is 5.79. The Morgan fingerprint density at radius 2 is 1.53 bits per heavy atom. The monoisotopic (exact) mass is 276 g/mol. The second kappa shape index (κ2) is 5.76. The number of carboxylic acids is 1. The molecule has 98 valence electrons. The van der Waals surface area contributed by atoms with E-state index in [0.29, 0.717) is 16.5 Å². The predicted octanol–water partition coefficient (Wildman–Crippen LogP) is 4.32. The van der Waals surface area contributed by atoms with E-state index in [1.165, 1.54) is 0 Å². The van der Waals surface area contributed by atoms with E-state index in [9.17, 15) is 4.79 Å². The second-order valence-corrected chi connectivity index (χ2v) is 4.62. The van der Waals surface area contributed by atoms with Crippen LogP contribution in [-0.4, -0.2) is 11.1 Å². The molecule has 0 radical (unpaired) electrons. The molecule has 2 aromatic rings. The molecule has 3 nitrogen and oxygen atoms in total. The van der Waals surface area contributed by atoms with Crippen LogP contribution in [0.15, 0.2) is 48.5 Å². The Bertz CT molecular complexity index is 561. The van der Waals surface area contributed by atoms with Crippen LogP contribution >= 0.6 is 11.6 Å². The van der Waals surface area contributed by atoms with E-state index in [0.717, 1.165) is 5.56 Å². The third-order valence-electron chi connectivity index (χ3n) is 2.80. The normalized spacial score (nSPS) is 11.9. The highest BCUT2D eigenvalue weighted by Crippen LogP contribution is 2.25. The minimum atomic E-state index is -0.841. The van der Waals surface area contributed by atoms with Gasteiger partial charge >= 0.3 is 5.97 Å². The van der Waals surface area contributed by atoms with Gasteiger partial charge in [-0.3, -0.25) is 4.79 Å². The maximum atomic E-state index is 10.9. The van der Waals surface area contributed by atoms with Gasteiger partial charge in [0.1, 0.15) is 11.5 Å². The zero-order valence-electron chi connectivity index (χ0n) is 10.3. The highest BCUT2D eigenvalue weighted by molar-refractivity contribution is 6.30. The van der Waals surface area contributed by atoms with Gasteiger partial charge in [-0.15, -0.1) is 0 Å². The summed E-state index contributed by atoms with van der Waals surface area (Å²) in [6.07, 6.45) is 0. The minimum absolute atomic E-state index is 0.524. The van der Waals surface area contributed by atoms with Crippen LogP contribution in [0, 0.1) is 0 Å². The molecule has 0 saturated heterocycles. The lowest BCUT2D eigenvalue weighted by atomic mass is 10.0. The maximum absolute atomic E-state index is 10.9. The van der Waals surface area contributed by atoms with Crippen molar-refractivity contribution in [1.29, 1.82) is 0 Å². The van der Waals surface area contributed by atoms with E-state index in [4.69, 9.17) is 21.4 Å². The highest BCUT2D eigenvalue weighted by atomic mass is 35.5. The Hall–Kier alpha value is -2.00. The number of ether oxygens (including phenoxy) is 1. The van der Waals surface area contributed by atoms with Gasteiger partial charge in [-0.05, 0) is 48.9 Å². The van der Waals surface area contributed by atoms with Crippen LogP contribution in [0.3, 0.4) is 0 Å². The molecule has 0 heterocycles. The van der Waals surface area contributed by atoms with Gasteiger partial charge in [-0.25, -0.2) is 0 Å². The summed E-state index contributed by atoms with van der Waals surface area (Å²) in [6.45, 7) is 1.65. The average molecular weight is 277 g/mol. The van der Waals surface area contributed by atoms with Crippen molar-refractivity contribution >= 4 is 17.6 Å². The molecule has 0 aliphatic rings. The molecule has 0 aliphatic heterocycles. The third kappa shape index (κ3) is 3.48. The molecule has 1 atom stereocenters. The largest absolute Gasteiger partial charge is 0.481 e. The summed E-state index contributed by atoms with van der Waals surface area (Å²) in [5, 5.41) is 9.57. The maximum Gasteiger partial charge on any atom is 0.310 e. The summed E-state index contributed by atoms with van der Waals surface area (Å²) in [5.41, 5.74) is 0.746. The van der Waals surface area contributed by atoms with E-state index >= 15 is 0 Å². The summed E-state index contributed by atoms with van der Waals surface area (Å²) in [7, 11) is 0. The van der Waals surface area contributed by atoms with E-state index in [1.54, 1.807) is 55.5 Å². The number of benzene rings is 2. The molecule has 4 heteroatoms. The van der Waals surface area contributed by atoms with Gasteiger partial charge in [0, 0.05) is 5.02 Å². The molecule has 0 amide bonds. The fourth-order valence-corrected chi connectivity index (χ4v) is 1.73. The highest BCUT2D eigenvalue weighted by Gasteiger charge is 2.13. The van der Waals surface area contributed by atoms with Gasteiger partial charge in [0.15, 0.2) is 0 Å². The van der Waals surface area contributed by atoms with Crippen LogP contribution in [0.5, 0.6) is 11.5 Å². The molecule has 2 rings (SSSR count). The van der Waals surface area contributed by atoms with Crippen LogP contribution in [-0.2, 0) is 4.79 Å². The van der Waals surface area contributed by atoms with Crippen LogP contribution in [0.1, 0.15) is 18.4 Å². The van der Waals surface area contributed by atoms with Crippen molar-refractivity contribution in [2.75, 3.05) is 0 Å². The Kier molecular flexibility index (Phi) is 4.07. The van der Waals surface area contributed by atoms with Crippen molar-refractivity contribution < 1.29 is 14.6 Å². The first-order valence-electron chi connectivity index (χ1n) is 5.82. The average Bonchev–Trinajstić information content (AvgIpc) is 2.41. The number of carboxylic acid groups (broad SMARTS) is 1. The molecular formula is C15H13ClO3.